The average molecular weight is 314 g/mol. The molecule has 3 heterocycles. The molecule has 0 spiro atoms. The molecule has 1 fully saturated rings. The first-order valence-corrected chi connectivity index (χ1v) is 7.60. The lowest BCUT2D eigenvalue weighted by molar-refractivity contribution is -0.0285. The van der Waals surface area contributed by atoms with Crippen molar-refractivity contribution in [1.29, 1.82) is 0 Å². The molecule has 6 N–H and O–H groups in total. The normalized spacial score (nSPS) is 28.7. The number of hydrogen-bond acceptors (Lipinski definition) is 7. The van der Waals surface area contributed by atoms with Gasteiger partial charge >= 0.3 is 0 Å². The third-order valence-corrected chi connectivity index (χ3v) is 4.14. The first-order chi connectivity index (χ1) is 9.63. The van der Waals surface area contributed by atoms with Gasteiger partial charge in [0.2, 0.25) is 0 Å². The molecule has 21 heavy (non-hydrogen) atoms. The molecule has 9 heteroatoms. The molecular formula is C12H18N4O4S. The predicted molar refractivity (Wildman–Crippen MR) is 79.9 cm³/mol. The number of hydrogen-bond donors (Lipinski definition) is 3. The van der Waals surface area contributed by atoms with E-state index in [1.54, 1.807) is 28.6 Å². The molecule has 1 aliphatic rings. The lowest BCUT2D eigenvalue weighted by Crippen LogP contribution is -2.32. The summed E-state index contributed by atoms with van der Waals surface area (Å²) in [5, 5.41) is 20.9. The second kappa shape index (κ2) is 6.16. The number of rotatable bonds is 3. The van der Waals surface area contributed by atoms with Gasteiger partial charge in [0.1, 0.15) is 30.0 Å². The van der Waals surface area contributed by atoms with Crippen molar-refractivity contribution in [1.82, 2.24) is 14.5 Å². The Morgan fingerprint density at radius 1 is 1.38 bits per heavy atom. The van der Waals surface area contributed by atoms with Gasteiger partial charge in [-0.15, -0.1) is 0 Å². The Morgan fingerprint density at radius 2 is 2.14 bits per heavy atom. The lowest BCUT2D eigenvalue weighted by Gasteiger charge is -2.17. The van der Waals surface area contributed by atoms with Crippen LogP contribution in [-0.2, 0) is 4.74 Å². The number of nitrogens with two attached hydrogens (primary N) is 1. The van der Waals surface area contributed by atoms with Crippen LogP contribution in [0.3, 0.4) is 0 Å². The highest BCUT2D eigenvalue weighted by atomic mass is 32.2. The van der Waals surface area contributed by atoms with Crippen LogP contribution in [0.5, 0.6) is 0 Å². The summed E-state index contributed by atoms with van der Waals surface area (Å²) in [5.41, 5.74) is 6.37. The molecule has 2 aromatic rings. The second-order valence-electron chi connectivity index (χ2n) is 4.72. The van der Waals surface area contributed by atoms with Gasteiger partial charge in [0.15, 0.2) is 6.23 Å². The number of thioether (sulfide) groups is 1. The number of nitrogen functional groups attached to an aromatic ring is 1. The van der Waals surface area contributed by atoms with E-state index >= 15 is 0 Å². The van der Waals surface area contributed by atoms with Crippen LogP contribution in [0.25, 0.3) is 11.0 Å². The lowest BCUT2D eigenvalue weighted by atomic mass is 10.1. The van der Waals surface area contributed by atoms with E-state index < -0.39 is 24.5 Å². The highest BCUT2D eigenvalue weighted by Crippen LogP contribution is 2.33. The third-order valence-electron chi connectivity index (χ3n) is 3.48. The molecule has 0 amide bonds. The number of ether oxygens (including phenoxy) is 1. The van der Waals surface area contributed by atoms with Crippen molar-refractivity contribution in [2.45, 2.75) is 24.5 Å². The second-order valence-corrected chi connectivity index (χ2v) is 5.63. The van der Waals surface area contributed by atoms with E-state index in [0.717, 1.165) is 0 Å². The Hall–Kier alpha value is -1.39. The van der Waals surface area contributed by atoms with Crippen LogP contribution < -0.4 is 5.73 Å². The molecule has 0 aromatic carbocycles. The number of anilines is 1. The minimum absolute atomic E-state index is 0. The van der Waals surface area contributed by atoms with Crippen LogP contribution in [-0.4, -0.2) is 60.5 Å². The van der Waals surface area contributed by atoms with E-state index in [9.17, 15) is 10.2 Å². The summed E-state index contributed by atoms with van der Waals surface area (Å²) in [6.45, 7) is 0. The van der Waals surface area contributed by atoms with Crippen LogP contribution >= 0.6 is 11.8 Å². The molecule has 1 saturated heterocycles. The predicted octanol–water partition coefficient (Wildman–Crippen LogP) is -0.829. The van der Waals surface area contributed by atoms with Crippen LogP contribution in [0, 0.1) is 0 Å². The van der Waals surface area contributed by atoms with Gasteiger partial charge in [-0.2, -0.15) is 11.8 Å². The van der Waals surface area contributed by atoms with Gasteiger partial charge in [-0.3, -0.25) is 0 Å². The summed E-state index contributed by atoms with van der Waals surface area (Å²) >= 11 is 1.56. The zero-order valence-corrected chi connectivity index (χ0v) is 12.2. The fourth-order valence-corrected chi connectivity index (χ4v) is 3.06. The highest BCUT2D eigenvalue weighted by molar-refractivity contribution is 7.98. The van der Waals surface area contributed by atoms with Crippen LogP contribution in [0.2, 0.25) is 0 Å². The van der Waals surface area contributed by atoms with Gasteiger partial charge in [-0.1, -0.05) is 0 Å². The van der Waals surface area contributed by atoms with Gasteiger partial charge < -0.3 is 30.7 Å². The quantitative estimate of drug-likeness (QED) is 0.672. The maximum absolute atomic E-state index is 10.2. The summed E-state index contributed by atoms with van der Waals surface area (Å²) in [4.78, 5) is 8.09. The number of aliphatic hydroxyl groups excluding tert-OH is 2. The number of fused-ring (bicyclic) bond motifs is 1. The van der Waals surface area contributed by atoms with Crippen LogP contribution in [0.4, 0.5) is 5.82 Å². The third kappa shape index (κ3) is 2.58. The first kappa shape index (κ1) is 16.0. The molecule has 3 rings (SSSR count). The van der Waals surface area contributed by atoms with Crippen molar-refractivity contribution in [3.8, 4) is 0 Å². The number of aromatic nitrogens is 3. The van der Waals surface area contributed by atoms with Crippen molar-refractivity contribution in [3.63, 3.8) is 0 Å². The monoisotopic (exact) mass is 314 g/mol. The zero-order chi connectivity index (χ0) is 14.3. The molecule has 4 atom stereocenters. The zero-order valence-electron chi connectivity index (χ0n) is 11.4. The molecule has 116 valence electrons. The van der Waals surface area contributed by atoms with E-state index in [2.05, 4.69) is 9.97 Å². The Kier molecular flexibility index (Phi) is 4.69. The van der Waals surface area contributed by atoms with Gasteiger partial charge in [0.25, 0.3) is 0 Å². The Labute approximate surface area is 125 Å². The van der Waals surface area contributed by atoms with E-state index in [1.165, 1.54) is 6.33 Å². The SMILES string of the molecule is CSC[C@H]1O[C@@H](n2ccc3c(N)ncnc32)[C@H](O)[C@@H]1O.O. The Bertz CT molecular complexity index is 622. The fourth-order valence-electron chi connectivity index (χ4n) is 2.46. The maximum atomic E-state index is 10.2. The van der Waals surface area contributed by atoms with Crippen molar-refractivity contribution in [2.75, 3.05) is 17.7 Å². The summed E-state index contributed by atoms with van der Waals surface area (Å²) in [5.74, 6) is 0.993. The molecule has 1 aliphatic heterocycles. The molecule has 2 aromatic heterocycles. The molecule has 0 unspecified atom stereocenters. The molecule has 0 bridgehead atoms. The summed E-state index contributed by atoms with van der Waals surface area (Å²) in [6, 6.07) is 1.77. The van der Waals surface area contributed by atoms with Crippen LogP contribution in [0.1, 0.15) is 6.23 Å². The highest BCUT2D eigenvalue weighted by Gasteiger charge is 2.43. The molecular weight excluding hydrogens is 296 g/mol. The van der Waals surface area contributed by atoms with Gasteiger partial charge in [-0.05, 0) is 12.3 Å². The first-order valence-electron chi connectivity index (χ1n) is 6.21. The maximum Gasteiger partial charge on any atom is 0.164 e. The molecule has 0 radical (unpaired) electrons. The largest absolute Gasteiger partial charge is 0.412 e. The average Bonchev–Trinajstić information content (AvgIpc) is 2.97. The van der Waals surface area contributed by atoms with E-state index in [0.29, 0.717) is 22.6 Å². The number of nitrogens with zero attached hydrogens (tertiary/aromatic N) is 3. The minimum Gasteiger partial charge on any atom is -0.412 e. The van der Waals surface area contributed by atoms with Gasteiger partial charge in [-0.25, -0.2) is 9.97 Å². The Morgan fingerprint density at radius 3 is 2.86 bits per heavy atom. The smallest absolute Gasteiger partial charge is 0.164 e. The van der Waals surface area contributed by atoms with E-state index in [4.69, 9.17) is 10.5 Å². The van der Waals surface area contributed by atoms with Crippen LogP contribution in [0.15, 0.2) is 18.6 Å². The fraction of sp³-hybridized carbons (Fsp3) is 0.500. The van der Waals surface area contributed by atoms with Gasteiger partial charge in [0.05, 0.1) is 11.5 Å². The van der Waals surface area contributed by atoms with Crippen molar-refractivity contribution in [3.05, 3.63) is 18.6 Å². The van der Waals surface area contributed by atoms with Crippen molar-refractivity contribution < 1.29 is 20.4 Å². The van der Waals surface area contributed by atoms with E-state index in [-0.39, 0.29) is 5.48 Å². The minimum atomic E-state index is -1.00. The summed E-state index contributed by atoms with van der Waals surface area (Å²) in [7, 11) is 0. The number of aliphatic hydroxyl groups is 2. The topological polar surface area (TPSA) is 138 Å². The summed E-state index contributed by atoms with van der Waals surface area (Å²) in [6.07, 6.45) is 2.04. The van der Waals surface area contributed by atoms with Crippen molar-refractivity contribution in [2.24, 2.45) is 0 Å². The molecule has 8 nitrogen and oxygen atoms in total. The summed E-state index contributed by atoms with van der Waals surface area (Å²) < 4.78 is 7.44. The molecule has 0 aliphatic carbocycles. The van der Waals surface area contributed by atoms with Gasteiger partial charge in [0, 0.05) is 11.9 Å². The standard InChI is InChI=1S/C12H16N4O3S.H2O/c1-20-4-7-8(17)9(18)12(19-7)16-3-2-6-10(13)14-5-15-11(6)16;/h2-3,5,7-9,12,17-18H,4H2,1H3,(H2,13,14,15);1H2/t7-,8-,9-,12-;/m1./s1. The Balaban J connectivity index is 0.00000161. The van der Waals surface area contributed by atoms with E-state index in [1.807, 2.05) is 6.26 Å². The molecule has 0 saturated carbocycles. The van der Waals surface area contributed by atoms with Crippen molar-refractivity contribution >= 4 is 28.6 Å².